The summed E-state index contributed by atoms with van der Waals surface area (Å²) in [6.45, 7) is 11.0. The monoisotopic (exact) mass is 682 g/mol. The van der Waals surface area contributed by atoms with Crippen LogP contribution in [0.2, 0.25) is 5.02 Å². The summed E-state index contributed by atoms with van der Waals surface area (Å²) in [6.07, 6.45) is 4.69. The van der Waals surface area contributed by atoms with Gasteiger partial charge in [-0.15, -0.1) is 0 Å². The Bertz CT molecular complexity index is 2080. The molecular formula is C38H40ClFN6O3. The number of likely N-dealkylation sites (tertiary alicyclic amines) is 1. The zero-order valence-electron chi connectivity index (χ0n) is 28.6. The predicted octanol–water partition coefficient (Wildman–Crippen LogP) is 8.64. The van der Waals surface area contributed by atoms with Crippen molar-refractivity contribution < 1.29 is 18.8 Å². The number of rotatable bonds is 7. The Hall–Kier alpha value is -4.70. The number of nitrogens with zero attached hydrogens (tertiary/aromatic N) is 6. The van der Waals surface area contributed by atoms with Crippen LogP contribution < -0.4 is 0 Å². The molecule has 1 aliphatic heterocycles. The van der Waals surface area contributed by atoms with Crippen molar-refractivity contribution in [2.24, 2.45) is 17.6 Å². The third-order valence-electron chi connectivity index (χ3n) is 9.57. The molecule has 11 heteroatoms. The van der Waals surface area contributed by atoms with Crippen LogP contribution in [-0.4, -0.2) is 55.5 Å². The van der Waals surface area contributed by atoms with Crippen molar-refractivity contribution in [3.8, 4) is 22.4 Å². The molecule has 1 amide bonds. The summed E-state index contributed by atoms with van der Waals surface area (Å²) >= 11 is 7.08. The number of hydrogen-bond acceptors (Lipinski definition) is 6. The fourth-order valence-electron chi connectivity index (χ4n) is 7.19. The Kier molecular flexibility index (Phi) is 8.25. The van der Waals surface area contributed by atoms with Crippen LogP contribution in [0.1, 0.15) is 62.0 Å². The fraction of sp³-hybridized carbons (Fsp3) is 0.368. The minimum Gasteiger partial charge on any atom is -0.444 e. The number of fused-ring (bicyclic) bond motifs is 1. The van der Waals surface area contributed by atoms with E-state index in [0.717, 1.165) is 46.1 Å². The van der Waals surface area contributed by atoms with Gasteiger partial charge in [0, 0.05) is 58.9 Å². The first-order valence-electron chi connectivity index (χ1n) is 16.5. The lowest BCUT2D eigenvalue weighted by molar-refractivity contribution is -0.0930. The van der Waals surface area contributed by atoms with E-state index in [1.54, 1.807) is 11.8 Å². The summed E-state index contributed by atoms with van der Waals surface area (Å²) in [5.41, 5.74) is 5.97. The SMILES string of the molecule is Cc1cc(F)c(/C=N/OCc2ccccc2)c(-c2c(-c3ccc4c(cnn4C)c3)nn(C3CC4(C3)CN(C(=O)OC(C)(C)C)C4)c2C)c1Cl. The van der Waals surface area contributed by atoms with Gasteiger partial charge in [-0.25, -0.2) is 9.18 Å². The second-order valence-electron chi connectivity index (χ2n) is 14.5. The highest BCUT2D eigenvalue weighted by Crippen LogP contribution is 2.55. The summed E-state index contributed by atoms with van der Waals surface area (Å²) in [7, 11) is 1.91. The first-order valence-corrected chi connectivity index (χ1v) is 16.9. The molecule has 2 aliphatic rings. The normalized spacial score (nSPS) is 16.0. The average Bonchev–Trinajstić information content (AvgIpc) is 3.55. The minimum atomic E-state index is -0.534. The van der Waals surface area contributed by atoms with Crippen molar-refractivity contribution in [3.05, 3.63) is 94.0 Å². The molecule has 2 fully saturated rings. The molecule has 0 unspecified atom stereocenters. The quantitative estimate of drug-likeness (QED) is 0.127. The molecule has 49 heavy (non-hydrogen) atoms. The van der Waals surface area contributed by atoms with Gasteiger partial charge in [0.25, 0.3) is 0 Å². The van der Waals surface area contributed by atoms with Gasteiger partial charge < -0.3 is 14.5 Å². The summed E-state index contributed by atoms with van der Waals surface area (Å²) in [5.74, 6) is -0.455. The first kappa shape index (κ1) is 32.8. The van der Waals surface area contributed by atoms with Gasteiger partial charge in [-0.3, -0.25) is 9.36 Å². The van der Waals surface area contributed by atoms with E-state index in [2.05, 4.69) is 21.0 Å². The largest absolute Gasteiger partial charge is 0.444 e. The summed E-state index contributed by atoms with van der Waals surface area (Å²) in [6, 6.07) is 17.3. The van der Waals surface area contributed by atoms with E-state index in [9.17, 15) is 4.79 Å². The van der Waals surface area contributed by atoms with E-state index in [1.165, 1.54) is 12.3 Å². The molecule has 3 aromatic carbocycles. The van der Waals surface area contributed by atoms with E-state index < -0.39 is 11.4 Å². The van der Waals surface area contributed by atoms with Crippen molar-refractivity contribution in [3.63, 3.8) is 0 Å². The number of halogens is 2. The molecule has 5 aromatic rings. The topological polar surface area (TPSA) is 86.8 Å². The van der Waals surface area contributed by atoms with Crippen LogP contribution in [0.4, 0.5) is 9.18 Å². The number of carbonyl (C=O) groups excluding carboxylic acids is 1. The molecule has 1 saturated carbocycles. The van der Waals surface area contributed by atoms with Gasteiger partial charge in [0.05, 0.1) is 29.0 Å². The number of oxime groups is 1. The van der Waals surface area contributed by atoms with Gasteiger partial charge in [-0.05, 0) is 76.8 Å². The van der Waals surface area contributed by atoms with Crippen molar-refractivity contribution in [1.82, 2.24) is 24.5 Å². The second kappa shape index (κ2) is 12.3. The van der Waals surface area contributed by atoms with Crippen molar-refractivity contribution in [2.45, 2.75) is 65.7 Å². The molecule has 1 spiro atoms. The highest BCUT2D eigenvalue weighted by Gasteiger charge is 2.55. The Morgan fingerprint density at radius 3 is 2.55 bits per heavy atom. The molecule has 254 valence electrons. The maximum atomic E-state index is 15.9. The molecule has 1 saturated heterocycles. The molecular weight excluding hydrogens is 643 g/mol. The van der Waals surface area contributed by atoms with Crippen LogP contribution in [0.3, 0.4) is 0 Å². The highest BCUT2D eigenvalue weighted by molar-refractivity contribution is 6.35. The molecule has 0 N–H and O–H groups in total. The lowest BCUT2D eigenvalue weighted by Gasteiger charge is -2.58. The Balaban J connectivity index is 1.26. The van der Waals surface area contributed by atoms with Gasteiger partial charge in [-0.2, -0.15) is 10.2 Å². The second-order valence-corrected chi connectivity index (χ2v) is 14.8. The lowest BCUT2D eigenvalue weighted by atomic mass is 9.61. The zero-order chi connectivity index (χ0) is 34.7. The van der Waals surface area contributed by atoms with Gasteiger partial charge in [-0.1, -0.05) is 53.2 Å². The molecule has 0 radical (unpaired) electrons. The minimum absolute atomic E-state index is 0.0376. The van der Waals surface area contributed by atoms with Gasteiger partial charge in [0.1, 0.15) is 23.7 Å². The predicted molar refractivity (Wildman–Crippen MR) is 189 cm³/mol. The molecule has 7 rings (SSSR count). The Labute approximate surface area is 290 Å². The molecule has 0 atom stereocenters. The fourth-order valence-corrected chi connectivity index (χ4v) is 7.44. The van der Waals surface area contributed by atoms with E-state index in [0.29, 0.717) is 34.9 Å². The summed E-state index contributed by atoms with van der Waals surface area (Å²) in [5, 5.41) is 15.2. The third kappa shape index (κ3) is 6.18. The van der Waals surface area contributed by atoms with Crippen LogP contribution >= 0.6 is 11.6 Å². The number of hydrogen-bond donors (Lipinski definition) is 0. The van der Waals surface area contributed by atoms with Crippen LogP contribution in [0.15, 0.2) is 65.9 Å². The lowest BCUT2D eigenvalue weighted by Crippen LogP contribution is -2.64. The molecule has 3 heterocycles. The van der Waals surface area contributed by atoms with E-state index in [4.69, 9.17) is 26.3 Å². The molecule has 0 bridgehead atoms. The summed E-state index contributed by atoms with van der Waals surface area (Å²) in [4.78, 5) is 20.0. The standard InChI is InChI=1S/C38H40ClFN6O3/c1-23-14-30(40)29(19-42-48-20-25-10-8-7-9-11-25)33(34(23)39)32-24(2)46(43-35(32)26-12-13-31-27(15-26)18-41-44(31)6)28-16-38(17-28)21-45(22-38)36(47)49-37(3,4)5/h7-15,18-19,28H,16-17,20-22H2,1-6H3/b42-19+. The zero-order valence-corrected chi connectivity index (χ0v) is 29.4. The number of aromatic nitrogens is 4. The number of ether oxygens (including phenoxy) is 1. The molecule has 9 nitrogen and oxygen atoms in total. The van der Waals surface area contributed by atoms with Crippen LogP contribution in [0.25, 0.3) is 33.3 Å². The average molecular weight is 683 g/mol. The maximum absolute atomic E-state index is 15.9. The third-order valence-corrected chi connectivity index (χ3v) is 10.1. The van der Waals surface area contributed by atoms with Crippen molar-refractivity contribution in [1.29, 1.82) is 0 Å². The van der Waals surface area contributed by atoms with Gasteiger partial charge in [0.2, 0.25) is 0 Å². The van der Waals surface area contributed by atoms with E-state index in [1.807, 2.05) is 88.1 Å². The maximum Gasteiger partial charge on any atom is 0.410 e. The molecule has 1 aliphatic carbocycles. The van der Waals surface area contributed by atoms with Crippen LogP contribution in [0, 0.1) is 25.1 Å². The number of amides is 1. The smallest absolute Gasteiger partial charge is 0.410 e. The number of carbonyl (C=O) groups is 1. The number of benzene rings is 3. The van der Waals surface area contributed by atoms with Crippen LogP contribution in [-0.2, 0) is 23.2 Å². The van der Waals surface area contributed by atoms with E-state index >= 15 is 4.39 Å². The van der Waals surface area contributed by atoms with Gasteiger partial charge in [0.15, 0.2) is 0 Å². The van der Waals surface area contributed by atoms with Crippen LogP contribution in [0.5, 0.6) is 0 Å². The highest BCUT2D eigenvalue weighted by atomic mass is 35.5. The number of aryl methyl sites for hydroxylation is 2. The van der Waals surface area contributed by atoms with Crippen molar-refractivity contribution >= 4 is 34.8 Å². The summed E-state index contributed by atoms with van der Waals surface area (Å²) < 4.78 is 25.4. The Morgan fingerprint density at radius 2 is 1.84 bits per heavy atom. The first-order chi connectivity index (χ1) is 23.3. The molecule has 2 aromatic heterocycles. The van der Waals surface area contributed by atoms with Crippen molar-refractivity contribution in [2.75, 3.05) is 13.1 Å². The Morgan fingerprint density at radius 1 is 1.10 bits per heavy atom. The van der Waals surface area contributed by atoms with Gasteiger partial charge >= 0.3 is 6.09 Å². The van der Waals surface area contributed by atoms with E-state index in [-0.39, 0.29) is 29.7 Å².